The first-order valence-electron chi connectivity index (χ1n) is 4.66. The molecule has 7 heteroatoms. The van der Waals surface area contributed by atoms with Crippen LogP contribution in [-0.2, 0) is 12.7 Å². The third kappa shape index (κ3) is 3.61. The van der Waals surface area contributed by atoms with Crippen LogP contribution in [0.5, 0.6) is 0 Å². The molecule has 0 fully saturated rings. The van der Waals surface area contributed by atoms with Gasteiger partial charge >= 0.3 is 12.2 Å². The number of carbonyl (C=O) groups is 1. The van der Waals surface area contributed by atoms with E-state index < -0.39 is 23.6 Å². The van der Waals surface area contributed by atoms with Gasteiger partial charge in [0.05, 0.1) is 5.56 Å². The maximum atomic E-state index is 12.9. The zero-order valence-electron chi connectivity index (χ0n) is 8.86. The minimum atomic E-state index is -4.74. The maximum Gasteiger partial charge on any atom is 0.419 e. The topological polar surface area (TPSA) is 41.1 Å². The molecule has 1 aromatic rings. The molecule has 0 aromatic heterocycles. The smallest absolute Gasteiger partial charge is 0.341 e. The van der Waals surface area contributed by atoms with Gasteiger partial charge in [0.1, 0.15) is 5.82 Å². The molecule has 94 valence electrons. The summed E-state index contributed by atoms with van der Waals surface area (Å²) in [4.78, 5) is 10.8. The molecule has 0 spiro atoms. The Bertz CT molecular complexity index is 417. The largest absolute Gasteiger partial charge is 0.419 e. The lowest BCUT2D eigenvalue weighted by Crippen LogP contribution is -2.32. The van der Waals surface area contributed by atoms with Gasteiger partial charge in [0.2, 0.25) is 0 Å². The molecule has 0 unspecified atom stereocenters. The van der Waals surface area contributed by atoms with Crippen molar-refractivity contribution in [1.29, 1.82) is 0 Å². The molecule has 0 heterocycles. The van der Waals surface area contributed by atoms with Crippen molar-refractivity contribution in [3.05, 3.63) is 35.1 Å². The number of hydrogen-bond donors (Lipinski definition) is 2. The van der Waals surface area contributed by atoms with Gasteiger partial charge in [0.15, 0.2) is 0 Å². The van der Waals surface area contributed by atoms with Crippen molar-refractivity contribution in [2.24, 2.45) is 0 Å². The van der Waals surface area contributed by atoms with Gasteiger partial charge in [-0.15, -0.1) is 0 Å². The van der Waals surface area contributed by atoms with Crippen LogP contribution < -0.4 is 10.6 Å². The fraction of sp³-hybridized carbons (Fsp3) is 0.300. The minimum absolute atomic E-state index is 0.108. The molecule has 3 nitrogen and oxygen atoms in total. The number of rotatable bonds is 2. The highest BCUT2D eigenvalue weighted by molar-refractivity contribution is 5.73. The van der Waals surface area contributed by atoms with E-state index in [0.29, 0.717) is 6.07 Å². The van der Waals surface area contributed by atoms with E-state index in [1.165, 1.54) is 13.1 Å². The highest BCUT2D eigenvalue weighted by Crippen LogP contribution is 2.31. The highest BCUT2D eigenvalue weighted by atomic mass is 19.4. The van der Waals surface area contributed by atoms with Crippen LogP contribution in [0.4, 0.5) is 22.4 Å². The summed E-state index contributed by atoms with van der Waals surface area (Å²) in [7, 11) is 1.38. The highest BCUT2D eigenvalue weighted by Gasteiger charge is 2.34. The summed E-state index contributed by atoms with van der Waals surface area (Å²) in [6.07, 6.45) is -4.74. The Morgan fingerprint density at radius 3 is 2.53 bits per heavy atom. The molecule has 0 saturated heterocycles. The number of nitrogens with one attached hydrogen (secondary N) is 2. The van der Waals surface area contributed by atoms with Crippen LogP contribution in [0.15, 0.2) is 18.2 Å². The predicted octanol–water partition coefficient (Wildman–Crippen LogP) is 2.27. The van der Waals surface area contributed by atoms with Gasteiger partial charge in [-0.1, -0.05) is 6.07 Å². The molecule has 0 aliphatic heterocycles. The SMILES string of the molecule is CNC(=O)NCc1ccc(F)c(C(F)(F)F)c1. The average Bonchev–Trinajstić information content (AvgIpc) is 2.26. The number of amides is 2. The van der Waals surface area contributed by atoms with Crippen molar-refractivity contribution in [3.63, 3.8) is 0 Å². The summed E-state index contributed by atoms with van der Waals surface area (Å²) in [5.41, 5.74) is -1.17. The molecular weight excluding hydrogens is 240 g/mol. The van der Waals surface area contributed by atoms with Crippen LogP contribution in [0.3, 0.4) is 0 Å². The molecule has 0 bridgehead atoms. The number of benzene rings is 1. The average molecular weight is 250 g/mol. The van der Waals surface area contributed by atoms with Crippen molar-refractivity contribution in [2.45, 2.75) is 12.7 Å². The first-order chi connectivity index (χ1) is 7.84. The van der Waals surface area contributed by atoms with Crippen molar-refractivity contribution in [1.82, 2.24) is 10.6 Å². The minimum Gasteiger partial charge on any atom is -0.341 e. The lowest BCUT2D eigenvalue weighted by molar-refractivity contribution is -0.140. The van der Waals surface area contributed by atoms with Crippen LogP contribution in [0, 0.1) is 5.82 Å². The Morgan fingerprint density at radius 1 is 1.35 bits per heavy atom. The van der Waals surface area contributed by atoms with Gasteiger partial charge < -0.3 is 10.6 Å². The third-order valence-electron chi connectivity index (χ3n) is 2.02. The molecule has 0 radical (unpaired) electrons. The van der Waals surface area contributed by atoms with E-state index in [9.17, 15) is 22.4 Å². The second kappa shape index (κ2) is 5.03. The Hall–Kier alpha value is -1.79. The molecule has 0 aliphatic carbocycles. The number of alkyl halides is 3. The van der Waals surface area contributed by atoms with Gasteiger partial charge in [-0.05, 0) is 17.7 Å². The summed E-state index contributed by atoms with van der Waals surface area (Å²) in [6, 6.07) is 2.05. The van der Waals surface area contributed by atoms with Gasteiger partial charge in [-0.2, -0.15) is 13.2 Å². The molecule has 0 atom stereocenters. The summed E-state index contributed by atoms with van der Waals surface area (Å²) >= 11 is 0. The Morgan fingerprint density at radius 2 is 2.00 bits per heavy atom. The number of carbonyl (C=O) groups excluding carboxylic acids is 1. The van der Waals surface area contributed by atoms with Gasteiger partial charge in [0.25, 0.3) is 0 Å². The molecule has 0 saturated carbocycles. The van der Waals surface area contributed by atoms with E-state index in [1.807, 2.05) is 0 Å². The van der Waals surface area contributed by atoms with Crippen molar-refractivity contribution in [2.75, 3.05) is 7.05 Å². The fourth-order valence-corrected chi connectivity index (χ4v) is 1.17. The van der Waals surface area contributed by atoms with E-state index >= 15 is 0 Å². The Balaban J connectivity index is 2.86. The zero-order valence-corrected chi connectivity index (χ0v) is 8.86. The van der Waals surface area contributed by atoms with Crippen molar-refractivity contribution < 1.29 is 22.4 Å². The number of hydrogen-bond acceptors (Lipinski definition) is 1. The second-order valence-corrected chi connectivity index (χ2v) is 3.24. The fourth-order valence-electron chi connectivity index (χ4n) is 1.17. The quantitative estimate of drug-likeness (QED) is 0.777. The standard InChI is InChI=1S/C10H10F4N2O/c1-15-9(17)16-5-6-2-3-8(11)7(4-6)10(12,13)14/h2-4H,5H2,1H3,(H2,15,16,17). The summed E-state index contributed by atoms with van der Waals surface area (Å²) < 4.78 is 50.0. The zero-order chi connectivity index (χ0) is 13.1. The molecular formula is C10H10F4N2O. The molecule has 17 heavy (non-hydrogen) atoms. The number of urea groups is 1. The van der Waals surface area contributed by atoms with E-state index in [4.69, 9.17) is 0 Å². The molecule has 2 N–H and O–H groups in total. The van der Waals surface area contributed by atoms with Crippen molar-refractivity contribution in [3.8, 4) is 0 Å². The van der Waals surface area contributed by atoms with E-state index in [2.05, 4.69) is 10.6 Å². The van der Waals surface area contributed by atoms with Crippen LogP contribution in [-0.4, -0.2) is 13.1 Å². The lowest BCUT2D eigenvalue weighted by atomic mass is 10.1. The Kier molecular flexibility index (Phi) is 3.93. The Labute approximate surface area is 94.8 Å². The predicted molar refractivity (Wildman–Crippen MR) is 52.7 cm³/mol. The van der Waals surface area contributed by atoms with Crippen LogP contribution in [0.25, 0.3) is 0 Å². The third-order valence-corrected chi connectivity index (χ3v) is 2.02. The number of halogens is 4. The molecule has 2 amide bonds. The van der Waals surface area contributed by atoms with Gasteiger partial charge in [-0.3, -0.25) is 0 Å². The van der Waals surface area contributed by atoms with E-state index in [1.54, 1.807) is 0 Å². The lowest BCUT2D eigenvalue weighted by Gasteiger charge is -2.10. The molecule has 1 rings (SSSR count). The van der Waals surface area contributed by atoms with Crippen LogP contribution in [0.2, 0.25) is 0 Å². The summed E-state index contributed by atoms with van der Waals surface area (Å²) in [5.74, 6) is -1.33. The van der Waals surface area contributed by atoms with Crippen LogP contribution >= 0.6 is 0 Å². The first kappa shape index (κ1) is 13.3. The van der Waals surface area contributed by atoms with Crippen LogP contribution in [0.1, 0.15) is 11.1 Å². The van der Waals surface area contributed by atoms with Crippen molar-refractivity contribution >= 4 is 6.03 Å². The normalized spacial score (nSPS) is 11.1. The van der Waals surface area contributed by atoms with Gasteiger partial charge in [0, 0.05) is 13.6 Å². The van der Waals surface area contributed by atoms with Gasteiger partial charge in [-0.25, -0.2) is 9.18 Å². The van der Waals surface area contributed by atoms with E-state index in [0.717, 1.165) is 6.07 Å². The summed E-state index contributed by atoms with van der Waals surface area (Å²) in [6.45, 7) is -0.108. The summed E-state index contributed by atoms with van der Waals surface area (Å²) in [5, 5.41) is 4.55. The van der Waals surface area contributed by atoms with E-state index in [-0.39, 0.29) is 12.1 Å². The molecule has 0 aliphatic rings. The second-order valence-electron chi connectivity index (χ2n) is 3.24. The first-order valence-corrected chi connectivity index (χ1v) is 4.66. The molecule has 1 aromatic carbocycles. The maximum absolute atomic E-state index is 12.9. The monoisotopic (exact) mass is 250 g/mol.